The van der Waals surface area contributed by atoms with E-state index < -0.39 is 6.61 Å². The number of aryl methyl sites for hydroxylation is 1. The first-order chi connectivity index (χ1) is 12.1. The van der Waals surface area contributed by atoms with Crippen LogP contribution in [-0.4, -0.2) is 16.9 Å². The summed E-state index contributed by atoms with van der Waals surface area (Å²) in [5, 5.41) is 8.75. The average Bonchev–Trinajstić information content (AvgIpc) is 2.93. The molecule has 0 aliphatic heterocycles. The van der Waals surface area contributed by atoms with Gasteiger partial charge in [-0.3, -0.25) is 0 Å². The number of alkyl halides is 2. The van der Waals surface area contributed by atoms with E-state index in [4.69, 9.17) is 0 Å². The van der Waals surface area contributed by atoms with E-state index in [0.29, 0.717) is 6.42 Å². The van der Waals surface area contributed by atoms with Gasteiger partial charge in [0.1, 0.15) is 5.75 Å². The molecule has 0 fully saturated rings. The minimum Gasteiger partial charge on any atom is -0.435 e. The van der Waals surface area contributed by atoms with Crippen molar-refractivity contribution >= 4 is 27.3 Å². The topological polar surface area (TPSA) is 38.9 Å². The maximum absolute atomic E-state index is 12.2. The Morgan fingerprint density at radius 2 is 1.88 bits per heavy atom. The molecule has 0 N–H and O–H groups in total. The Morgan fingerprint density at radius 1 is 1.16 bits per heavy atom. The van der Waals surface area contributed by atoms with Crippen LogP contribution >= 0.6 is 11.3 Å². The van der Waals surface area contributed by atoms with Gasteiger partial charge < -0.3 is 9.30 Å². The fraction of sp³-hybridized carbons (Fsp3) is 0.222. The molecule has 0 amide bonds. The molecule has 0 aliphatic rings. The summed E-state index contributed by atoms with van der Waals surface area (Å²) in [6.07, 6.45) is 0.674. The molecular formula is C18H17F2N3OS. The Morgan fingerprint density at radius 3 is 2.52 bits per heavy atom. The molecule has 0 saturated carbocycles. The second kappa shape index (κ2) is 7.57. The summed E-state index contributed by atoms with van der Waals surface area (Å²) in [6.45, 7) is -0.851. The summed E-state index contributed by atoms with van der Waals surface area (Å²) in [7, 11) is 1.95. The summed E-state index contributed by atoms with van der Waals surface area (Å²) < 4.78 is 31.9. The zero-order valence-electron chi connectivity index (χ0n) is 13.8. The van der Waals surface area contributed by atoms with E-state index in [-0.39, 0.29) is 5.75 Å². The van der Waals surface area contributed by atoms with Crippen LogP contribution in [0.2, 0.25) is 0 Å². The highest BCUT2D eigenvalue weighted by atomic mass is 32.1. The molecule has 25 heavy (non-hydrogen) atoms. The number of fused-ring (bicyclic) bond motifs is 1. The molecule has 4 nitrogen and oxygen atoms in total. The summed E-state index contributed by atoms with van der Waals surface area (Å²) in [4.78, 5) is 0.796. The Kier molecular flexibility index (Phi) is 5.23. The second-order valence-electron chi connectivity index (χ2n) is 5.31. The largest absolute Gasteiger partial charge is 0.435 e. The van der Waals surface area contributed by atoms with Gasteiger partial charge in [0, 0.05) is 7.05 Å². The molecule has 2 aromatic carbocycles. The molecule has 0 saturated heterocycles. The van der Waals surface area contributed by atoms with Crippen LogP contribution in [0.4, 0.5) is 8.78 Å². The molecule has 0 atom stereocenters. The molecule has 1 heterocycles. The number of nitrogens with zero attached hydrogens (tertiary/aromatic N) is 3. The molecular weight excluding hydrogens is 344 g/mol. The summed E-state index contributed by atoms with van der Waals surface area (Å²) in [6, 6.07) is 14.5. The molecule has 3 aromatic rings. The predicted molar refractivity (Wildman–Crippen MR) is 96.3 cm³/mol. The van der Waals surface area contributed by atoms with Gasteiger partial charge in [-0.25, -0.2) is 0 Å². The van der Waals surface area contributed by atoms with Gasteiger partial charge in [0.25, 0.3) is 0 Å². The Labute approximate surface area is 147 Å². The van der Waals surface area contributed by atoms with Crippen molar-refractivity contribution in [1.29, 1.82) is 0 Å². The summed E-state index contributed by atoms with van der Waals surface area (Å²) in [5.41, 5.74) is 2.71. The van der Waals surface area contributed by atoms with Gasteiger partial charge >= 0.3 is 6.61 Å². The van der Waals surface area contributed by atoms with Crippen molar-refractivity contribution in [2.45, 2.75) is 20.0 Å². The first kappa shape index (κ1) is 17.3. The summed E-state index contributed by atoms with van der Waals surface area (Å²) >= 11 is 1.57. The van der Waals surface area contributed by atoms with Crippen LogP contribution < -0.4 is 9.54 Å². The molecule has 0 spiro atoms. The lowest BCUT2D eigenvalue weighted by Crippen LogP contribution is -2.10. The van der Waals surface area contributed by atoms with Gasteiger partial charge in [0.2, 0.25) is 4.80 Å². The molecule has 3 rings (SSSR count). The number of benzene rings is 2. The number of ether oxygens (including phenoxy) is 1. The van der Waals surface area contributed by atoms with E-state index in [0.717, 1.165) is 26.3 Å². The number of rotatable bonds is 5. The van der Waals surface area contributed by atoms with Crippen molar-refractivity contribution in [2.24, 2.45) is 17.3 Å². The van der Waals surface area contributed by atoms with Crippen LogP contribution in [-0.2, 0) is 7.05 Å². The molecule has 0 bridgehead atoms. The molecule has 7 heteroatoms. The van der Waals surface area contributed by atoms with Gasteiger partial charge in [-0.05, 0) is 48.4 Å². The fourth-order valence-corrected chi connectivity index (χ4v) is 3.41. The summed E-state index contributed by atoms with van der Waals surface area (Å²) in [5.74, 6) is 0.127. The van der Waals surface area contributed by atoms with Crippen LogP contribution in [0.3, 0.4) is 0 Å². The van der Waals surface area contributed by atoms with E-state index in [1.54, 1.807) is 23.5 Å². The normalized spacial score (nSPS) is 13.0. The van der Waals surface area contributed by atoms with Gasteiger partial charge in [-0.2, -0.15) is 13.9 Å². The van der Waals surface area contributed by atoms with Crippen LogP contribution in [0, 0.1) is 0 Å². The molecule has 0 unspecified atom stereocenters. The first-order valence-corrected chi connectivity index (χ1v) is 8.60. The van der Waals surface area contributed by atoms with Crippen LogP contribution in [0.5, 0.6) is 5.75 Å². The first-order valence-electron chi connectivity index (χ1n) is 7.79. The smallest absolute Gasteiger partial charge is 0.387 e. The Bertz CT molecular complexity index is 958. The van der Waals surface area contributed by atoms with Gasteiger partial charge in [0.05, 0.1) is 15.9 Å². The molecule has 1 aromatic heterocycles. The predicted octanol–water partition coefficient (Wildman–Crippen LogP) is 4.56. The zero-order chi connectivity index (χ0) is 17.8. The van der Waals surface area contributed by atoms with Gasteiger partial charge in [-0.15, -0.1) is 5.10 Å². The number of hydrogen-bond donors (Lipinski definition) is 0. The third-order valence-electron chi connectivity index (χ3n) is 3.72. The van der Waals surface area contributed by atoms with Crippen molar-refractivity contribution in [1.82, 2.24) is 4.57 Å². The lowest BCUT2D eigenvalue weighted by atomic mass is 10.1. The third kappa shape index (κ3) is 3.93. The van der Waals surface area contributed by atoms with Crippen molar-refractivity contribution in [3.05, 3.63) is 58.9 Å². The van der Waals surface area contributed by atoms with Crippen molar-refractivity contribution in [2.75, 3.05) is 0 Å². The van der Waals surface area contributed by atoms with Crippen molar-refractivity contribution in [3.8, 4) is 5.75 Å². The van der Waals surface area contributed by atoms with E-state index in [2.05, 4.69) is 14.9 Å². The third-order valence-corrected chi connectivity index (χ3v) is 4.82. The molecule has 0 radical (unpaired) electrons. The number of aromatic nitrogens is 1. The van der Waals surface area contributed by atoms with E-state index in [1.165, 1.54) is 12.1 Å². The minimum atomic E-state index is -2.83. The Balaban J connectivity index is 1.93. The average molecular weight is 361 g/mol. The highest BCUT2D eigenvalue weighted by Gasteiger charge is 2.06. The SMILES string of the molecule is CC/C(=N/N=c1/sc2ccccc2n1C)c1ccc(OC(F)F)cc1. The van der Waals surface area contributed by atoms with Crippen LogP contribution in [0.15, 0.2) is 58.7 Å². The van der Waals surface area contributed by atoms with E-state index in [1.807, 2.05) is 42.8 Å². The van der Waals surface area contributed by atoms with E-state index >= 15 is 0 Å². The number of thiazole rings is 1. The molecule has 0 aliphatic carbocycles. The lowest BCUT2D eigenvalue weighted by Gasteiger charge is -2.06. The minimum absolute atomic E-state index is 0.127. The maximum atomic E-state index is 12.2. The zero-order valence-corrected chi connectivity index (χ0v) is 14.6. The van der Waals surface area contributed by atoms with Crippen LogP contribution in [0.25, 0.3) is 10.2 Å². The molecule has 130 valence electrons. The number of para-hydroxylation sites is 1. The Hall–Kier alpha value is -2.54. The second-order valence-corrected chi connectivity index (χ2v) is 6.32. The van der Waals surface area contributed by atoms with Crippen LogP contribution in [0.1, 0.15) is 18.9 Å². The van der Waals surface area contributed by atoms with Gasteiger partial charge in [-0.1, -0.05) is 30.4 Å². The highest BCUT2D eigenvalue weighted by Crippen LogP contribution is 2.17. The van der Waals surface area contributed by atoms with Crippen molar-refractivity contribution < 1.29 is 13.5 Å². The fourth-order valence-electron chi connectivity index (χ4n) is 2.44. The standard InChI is InChI=1S/C18H17F2N3OS/c1-3-14(12-8-10-13(11-9-12)24-17(19)20)21-22-18-23(2)15-6-4-5-7-16(15)25-18/h4-11,17H,3H2,1-2H3/b21-14-,22-18+. The number of hydrogen-bond acceptors (Lipinski definition) is 4. The monoisotopic (exact) mass is 361 g/mol. The lowest BCUT2D eigenvalue weighted by molar-refractivity contribution is -0.0498. The number of halogens is 2. The maximum Gasteiger partial charge on any atom is 0.387 e. The van der Waals surface area contributed by atoms with Gasteiger partial charge in [0.15, 0.2) is 0 Å². The highest BCUT2D eigenvalue weighted by molar-refractivity contribution is 7.16. The van der Waals surface area contributed by atoms with Crippen molar-refractivity contribution in [3.63, 3.8) is 0 Å². The quantitative estimate of drug-likeness (QED) is 0.485. The van der Waals surface area contributed by atoms with E-state index in [9.17, 15) is 8.78 Å².